The summed E-state index contributed by atoms with van der Waals surface area (Å²) >= 11 is 0. The fourth-order valence-corrected chi connectivity index (χ4v) is 2.70. The minimum absolute atomic E-state index is 0.00872. The van der Waals surface area contributed by atoms with Gasteiger partial charge >= 0.3 is 5.97 Å². The summed E-state index contributed by atoms with van der Waals surface area (Å²) in [6.45, 7) is 7.25. The van der Waals surface area contributed by atoms with Gasteiger partial charge in [-0.15, -0.1) is 0 Å². The number of amides is 2. The second kappa shape index (κ2) is 9.69. The lowest BCUT2D eigenvalue weighted by Gasteiger charge is -2.11. The van der Waals surface area contributed by atoms with Crippen LogP contribution < -0.4 is 10.6 Å². The molecule has 0 aliphatic carbocycles. The van der Waals surface area contributed by atoms with Gasteiger partial charge in [0.05, 0.1) is 6.42 Å². The van der Waals surface area contributed by atoms with Crippen LogP contribution in [0.5, 0.6) is 0 Å². The number of hydrogen-bond donors (Lipinski definition) is 2. The van der Waals surface area contributed by atoms with Crippen LogP contribution in [0.1, 0.15) is 35.1 Å². The average molecular weight is 382 g/mol. The van der Waals surface area contributed by atoms with Crippen LogP contribution in [0.25, 0.3) is 0 Å². The molecule has 6 nitrogen and oxygen atoms in total. The number of anilines is 2. The molecule has 0 heterocycles. The zero-order valence-corrected chi connectivity index (χ0v) is 16.7. The van der Waals surface area contributed by atoms with Crippen molar-refractivity contribution in [3.05, 3.63) is 58.7 Å². The number of nitrogens with one attached hydrogen (secondary N) is 2. The van der Waals surface area contributed by atoms with Crippen LogP contribution in [0.4, 0.5) is 11.4 Å². The standard InChI is InChI=1S/C22H26N2O4/c1-14-8-9-15(2)18(12-14)23-20(26)13-28-21(27)11-10-19(25)24-22-16(3)6-5-7-17(22)4/h5-9,12H,10-11,13H2,1-4H3,(H,23,26)(H,24,25). The Balaban J connectivity index is 1.75. The molecule has 0 atom stereocenters. The van der Waals surface area contributed by atoms with Gasteiger partial charge in [-0.1, -0.05) is 30.3 Å². The molecule has 2 rings (SSSR count). The van der Waals surface area contributed by atoms with Crippen molar-refractivity contribution in [1.29, 1.82) is 0 Å². The van der Waals surface area contributed by atoms with Gasteiger partial charge in [-0.05, 0) is 56.0 Å². The molecule has 0 aromatic heterocycles. The molecule has 148 valence electrons. The summed E-state index contributed by atoms with van der Waals surface area (Å²) in [5.41, 5.74) is 5.31. The minimum atomic E-state index is -0.590. The summed E-state index contributed by atoms with van der Waals surface area (Å²) in [5, 5.41) is 5.54. The Bertz CT molecular complexity index is 870. The van der Waals surface area contributed by atoms with Crippen LogP contribution >= 0.6 is 0 Å². The summed E-state index contributed by atoms with van der Waals surface area (Å²) in [6.07, 6.45) is -0.0985. The third-order valence-electron chi connectivity index (χ3n) is 4.33. The molecule has 0 fully saturated rings. The van der Waals surface area contributed by atoms with E-state index in [1.807, 2.05) is 64.1 Å². The van der Waals surface area contributed by atoms with E-state index in [0.29, 0.717) is 5.69 Å². The zero-order valence-electron chi connectivity index (χ0n) is 16.7. The van der Waals surface area contributed by atoms with E-state index in [2.05, 4.69) is 10.6 Å². The Hall–Kier alpha value is -3.15. The maximum absolute atomic E-state index is 12.1. The Morgan fingerprint density at radius 3 is 2.18 bits per heavy atom. The van der Waals surface area contributed by atoms with Crippen LogP contribution in [-0.2, 0) is 19.1 Å². The number of rotatable bonds is 7. The Kier molecular flexibility index (Phi) is 7.32. The van der Waals surface area contributed by atoms with E-state index >= 15 is 0 Å². The lowest BCUT2D eigenvalue weighted by atomic mass is 10.1. The molecule has 2 aromatic rings. The molecule has 2 amide bonds. The van der Waals surface area contributed by atoms with E-state index in [1.165, 1.54) is 0 Å². The highest BCUT2D eigenvalue weighted by molar-refractivity contribution is 5.95. The van der Waals surface area contributed by atoms with Crippen LogP contribution in [-0.4, -0.2) is 24.4 Å². The topological polar surface area (TPSA) is 84.5 Å². The second-order valence-electron chi connectivity index (χ2n) is 6.84. The first-order chi connectivity index (χ1) is 13.3. The number of carbonyl (C=O) groups is 3. The number of hydrogen-bond acceptors (Lipinski definition) is 4. The molecule has 2 aromatic carbocycles. The molecule has 0 saturated carbocycles. The molecule has 28 heavy (non-hydrogen) atoms. The van der Waals surface area contributed by atoms with Crippen molar-refractivity contribution in [2.24, 2.45) is 0 Å². The first-order valence-corrected chi connectivity index (χ1v) is 9.15. The Morgan fingerprint density at radius 2 is 1.50 bits per heavy atom. The zero-order chi connectivity index (χ0) is 20.7. The first-order valence-electron chi connectivity index (χ1n) is 9.15. The Morgan fingerprint density at radius 1 is 0.821 bits per heavy atom. The van der Waals surface area contributed by atoms with Gasteiger partial charge in [0.1, 0.15) is 0 Å². The molecule has 0 aliphatic rings. The summed E-state index contributed by atoms with van der Waals surface area (Å²) in [6, 6.07) is 11.4. The maximum atomic E-state index is 12.1. The third-order valence-corrected chi connectivity index (χ3v) is 4.33. The average Bonchev–Trinajstić information content (AvgIpc) is 2.64. The van der Waals surface area contributed by atoms with Gasteiger partial charge in [-0.3, -0.25) is 14.4 Å². The van der Waals surface area contributed by atoms with Crippen LogP contribution in [0.15, 0.2) is 36.4 Å². The summed E-state index contributed by atoms with van der Waals surface area (Å²) < 4.78 is 4.96. The molecule has 0 unspecified atom stereocenters. The predicted molar refractivity (Wildman–Crippen MR) is 109 cm³/mol. The van der Waals surface area contributed by atoms with Crippen molar-refractivity contribution >= 4 is 29.2 Å². The maximum Gasteiger partial charge on any atom is 0.306 e. The lowest BCUT2D eigenvalue weighted by molar-refractivity contribution is -0.147. The van der Waals surface area contributed by atoms with Gasteiger partial charge in [-0.25, -0.2) is 0 Å². The highest BCUT2D eigenvalue weighted by atomic mass is 16.5. The van der Waals surface area contributed by atoms with E-state index < -0.39 is 11.9 Å². The van der Waals surface area contributed by atoms with Crippen molar-refractivity contribution in [1.82, 2.24) is 0 Å². The number of benzene rings is 2. The molecule has 2 N–H and O–H groups in total. The lowest BCUT2D eigenvalue weighted by Crippen LogP contribution is -2.22. The molecule has 6 heteroatoms. The van der Waals surface area contributed by atoms with Gasteiger partial charge in [-0.2, -0.15) is 0 Å². The van der Waals surface area contributed by atoms with Crippen molar-refractivity contribution in [2.75, 3.05) is 17.2 Å². The largest absolute Gasteiger partial charge is 0.456 e. The predicted octanol–water partition coefficient (Wildman–Crippen LogP) is 3.82. The van der Waals surface area contributed by atoms with Crippen LogP contribution in [0, 0.1) is 27.7 Å². The second-order valence-corrected chi connectivity index (χ2v) is 6.84. The van der Waals surface area contributed by atoms with Crippen LogP contribution in [0.2, 0.25) is 0 Å². The molecule has 0 saturated heterocycles. The van der Waals surface area contributed by atoms with Crippen molar-refractivity contribution < 1.29 is 19.1 Å². The van der Waals surface area contributed by atoms with Crippen molar-refractivity contribution in [3.63, 3.8) is 0 Å². The van der Waals surface area contributed by atoms with E-state index in [9.17, 15) is 14.4 Å². The van der Waals surface area contributed by atoms with E-state index in [0.717, 1.165) is 27.9 Å². The fraction of sp³-hybridized carbons (Fsp3) is 0.318. The number of aryl methyl sites for hydroxylation is 4. The van der Waals surface area contributed by atoms with Gasteiger partial charge < -0.3 is 15.4 Å². The van der Waals surface area contributed by atoms with Gasteiger partial charge in [0.15, 0.2) is 6.61 Å². The Labute approximate surface area is 165 Å². The summed E-state index contributed by atoms with van der Waals surface area (Å²) in [4.78, 5) is 35.9. The fourth-order valence-electron chi connectivity index (χ4n) is 2.70. The highest BCUT2D eigenvalue weighted by Crippen LogP contribution is 2.20. The van der Waals surface area contributed by atoms with Crippen molar-refractivity contribution in [2.45, 2.75) is 40.5 Å². The molecule has 0 radical (unpaired) electrons. The summed E-state index contributed by atoms with van der Waals surface area (Å²) in [7, 11) is 0. The van der Waals surface area contributed by atoms with Crippen molar-refractivity contribution in [3.8, 4) is 0 Å². The quantitative estimate of drug-likeness (QED) is 0.713. The SMILES string of the molecule is Cc1ccc(C)c(NC(=O)COC(=O)CCC(=O)Nc2c(C)cccc2C)c1. The van der Waals surface area contributed by atoms with Gasteiger partial charge in [0.25, 0.3) is 5.91 Å². The monoisotopic (exact) mass is 382 g/mol. The molecule has 0 aliphatic heterocycles. The van der Waals surface area contributed by atoms with Crippen LogP contribution in [0.3, 0.4) is 0 Å². The molecular formula is C22H26N2O4. The molecule has 0 bridgehead atoms. The first kappa shape index (κ1) is 21.2. The third kappa shape index (κ3) is 6.23. The van der Waals surface area contributed by atoms with E-state index in [4.69, 9.17) is 4.74 Å². The highest BCUT2D eigenvalue weighted by Gasteiger charge is 2.13. The van der Waals surface area contributed by atoms with E-state index in [-0.39, 0.29) is 25.4 Å². The van der Waals surface area contributed by atoms with Gasteiger partial charge in [0.2, 0.25) is 5.91 Å². The smallest absolute Gasteiger partial charge is 0.306 e. The number of ether oxygens (including phenoxy) is 1. The minimum Gasteiger partial charge on any atom is -0.456 e. The van der Waals surface area contributed by atoms with E-state index in [1.54, 1.807) is 0 Å². The number of carbonyl (C=O) groups excluding carboxylic acids is 3. The molecule has 0 spiro atoms. The number of para-hydroxylation sites is 1. The molecular weight excluding hydrogens is 356 g/mol. The normalized spacial score (nSPS) is 10.3. The summed E-state index contributed by atoms with van der Waals surface area (Å²) in [5.74, 6) is -1.27. The van der Waals surface area contributed by atoms with Gasteiger partial charge in [0, 0.05) is 17.8 Å². The number of esters is 1.